The number of hydrogen-bond acceptors (Lipinski definition) is 6. The predicted molar refractivity (Wildman–Crippen MR) is 97.6 cm³/mol. The number of aromatic nitrogens is 1. The SMILES string of the molecule is O=C1C(=O)N(CCOCCO)[C@H](c2cccnc2)C1=C(O)c1ccccc1. The standard InChI is InChI=1S/C20H20N2O5/c23-10-12-27-11-9-22-17(15-7-4-8-21-13-15)16(19(25)20(22)26)18(24)14-5-2-1-3-6-14/h1-8,13,17,23-24H,9-12H2/t17-/m1/s1. The van der Waals surface area contributed by atoms with E-state index in [1.54, 1.807) is 54.9 Å². The number of pyridine rings is 1. The number of Topliss-reactive ketones (excluding diaryl/α,β-unsaturated/α-hetero) is 1. The van der Waals surface area contributed by atoms with Gasteiger partial charge in [-0.1, -0.05) is 36.4 Å². The molecule has 2 N–H and O–H groups in total. The van der Waals surface area contributed by atoms with Gasteiger partial charge in [-0.3, -0.25) is 14.6 Å². The molecule has 3 rings (SSSR count). The van der Waals surface area contributed by atoms with Crippen molar-refractivity contribution in [1.82, 2.24) is 9.88 Å². The van der Waals surface area contributed by atoms with Crippen LogP contribution in [-0.2, 0) is 14.3 Å². The summed E-state index contributed by atoms with van der Waals surface area (Å²) in [7, 11) is 0. The summed E-state index contributed by atoms with van der Waals surface area (Å²) in [4.78, 5) is 30.7. The lowest BCUT2D eigenvalue weighted by Crippen LogP contribution is -2.33. The maximum absolute atomic E-state index is 12.7. The number of nitrogens with zero attached hydrogens (tertiary/aromatic N) is 2. The van der Waals surface area contributed by atoms with Gasteiger partial charge in [0.2, 0.25) is 0 Å². The zero-order chi connectivity index (χ0) is 19.2. The largest absolute Gasteiger partial charge is 0.507 e. The van der Waals surface area contributed by atoms with Crippen molar-refractivity contribution in [1.29, 1.82) is 0 Å². The molecule has 1 aromatic carbocycles. The average molecular weight is 368 g/mol. The minimum atomic E-state index is -0.753. The van der Waals surface area contributed by atoms with Crippen LogP contribution in [0.3, 0.4) is 0 Å². The van der Waals surface area contributed by atoms with Crippen molar-refractivity contribution >= 4 is 17.4 Å². The summed E-state index contributed by atoms with van der Waals surface area (Å²) < 4.78 is 5.24. The molecule has 2 aromatic rings. The summed E-state index contributed by atoms with van der Waals surface area (Å²) in [5.41, 5.74) is 1.11. The van der Waals surface area contributed by atoms with Crippen molar-refractivity contribution < 1.29 is 24.5 Å². The number of carbonyl (C=O) groups excluding carboxylic acids is 2. The molecule has 1 aliphatic rings. The number of likely N-dealkylation sites (tertiary alicyclic amines) is 1. The minimum Gasteiger partial charge on any atom is -0.507 e. The smallest absolute Gasteiger partial charge is 0.295 e. The minimum absolute atomic E-state index is 0.0290. The van der Waals surface area contributed by atoms with Crippen LogP contribution in [-0.4, -0.2) is 58.2 Å². The maximum atomic E-state index is 12.7. The molecule has 1 saturated heterocycles. The van der Waals surface area contributed by atoms with Gasteiger partial charge in [0.1, 0.15) is 5.76 Å². The monoisotopic (exact) mass is 368 g/mol. The van der Waals surface area contributed by atoms with E-state index in [0.29, 0.717) is 11.1 Å². The van der Waals surface area contributed by atoms with Gasteiger partial charge in [-0.15, -0.1) is 0 Å². The Kier molecular flexibility index (Phi) is 5.95. The molecule has 0 unspecified atom stereocenters. The molecule has 0 spiro atoms. The van der Waals surface area contributed by atoms with Crippen molar-refractivity contribution in [2.75, 3.05) is 26.4 Å². The van der Waals surface area contributed by atoms with E-state index in [0.717, 1.165) is 0 Å². The van der Waals surface area contributed by atoms with Gasteiger partial charge in [0, 0.05) is 24.5 Å². The van der Waals surface area contributed by atoms with Crippen LogP contribution in [0.15, 0.2) is 60.4 Å². The van der Waals surface area contributed by atoms with Crippen LogP contribution >= 0.6 is 0 Å². The highest BCUT2D eigenvalue weighted by Gasteiger charge is 2.45. The number of aliphatic hydroxyl groups is 2. The van der Waals surface area contributed by atoms with Gasteiger partial charge in [-0.2, -0.15) is 0 Å². The fourth-order valence-corrected chi connectivity index (χ4v) is 3.08. The van der Waals surface area contributed by atoms with Crippen LogP contribution in [0.25, 0.3) is 5.76 Å². The second-order valence-corrected chi connectivity index (χ2v) is 5.98. The van der Waals surface area contributed by atoms with Gasteiger partial charge in [0.05, 0.1) is 31.4 Å². The summed E-state index contributed by atoms with van der Waals surface area (Å²) >= 11 is 0. The van der Waals surface area contributed by atoms with Crippen LogP contribution in [0.1, 0.15) is 17.2 Å². The van der Waals surface area contributed by atoms with Crippen molar-refractivity contribution in [3.63, 3.8) is 0 Å². The van der Waals surface area contributed by atoms with E-state index in [1.807, 2.05) is 0 Å². The molecule has 1 fully saturated rings. The first-order valence-electron chi connectivity index (χ1n) is 8.57. The molecule has 140 valence electrons. The normalized spacial score (nSPS) is 18.9. The molecule has 0 aliphatic carbocycles. The number of amides is 1. The van der Waals surface area contributed by atoms with E-state index in [1.165, 1.54) is 4.90 Å². The average Bonchev–Trinajstić information content (AvgIpc) is 2.97. The van der Waals surface area contributed by atoms with Gasteiger partial charge >= 0.3 is 0 Å². The van der Waals surface area contributed by atoms with Crippen molar-refractivity contribution in [3.05, 3.63) is 71.6 Å². The highest BCUT2D eigenvalue weighted by molar-refractivity contribution is 6.46. The first kappa shape index (κ1) is 18.8. The third kappa shape index (κ3) is 3.89. The Hall–Kier alpha value is -3.03. The zero-order valence-electron chi connectivity index (χ0n) is 14.6. The first-order chi connectivity index (χ1) is 13.1. The predicted octanol–water partition coefficient (Wildman–Crippen LogP) is 1.51. The molecule has 1 atom stereocenters. The highest BCUT2D eigenvalue weighted by atomic mass is 16.5. The molecule has 1 amide bonds. The molecule has 7 heteroatoms. The van der Waals surface area contributed by atoms with E-state index < -0.39 is 17.7 Å². The zero-order valence-corrected chi connectivity index (χ0v) is 14.6. The van der Waals surface area contributed by atoms with E-state index in [2.05, 4.69) is 4.98 Å². The van der Waals surface area contributed by atoms with E-state index in [-0.39, 0.29) is 37.7 Å². The van der Waals surface area contributed by atoms with Gasteiger partial charge in [-0.25, -0.2) is 0 Å². The van der Waals surface area contributed by atoms with Gasteiger partial charge < -0.3 is 19.8 Å². The number of benzene rings is 1. The molecule has 27 heavy (non-hydrogen) atoms. The van der Waals surface area contributed by atoms with Crippen molar-refractivity contribution in [2.45, 2.75) is 6.04 Å². The van der Waals surface area contributed by atoms with Crippen LogP contribution in [0.4, 0.5) is 0 Å². The van der Waals surface area contributed by atoms with Crippen LogP contribution < -0.4 is 0 Å². The molecule has 1 aliphatic heterocycles. The summed E-state index contributed by atoms with van der Waals surface area (Å²) in [6, 6.07) is 11.3. The second-order valence-electron chi connectivity index (χ2n) is 5.98. The van der Waals surface area contributed by atoms with Gasteiger partial charge in [-0.05, 0) is 11.6 Å². The third-order valence-corrected chi connectivity index (χ3v) is 4.30. The lowest BCUT2D eigenvalue weighted by Gasteiger charge is -2.24. The van der Waals surface area contributed by atoms with Crippen molar-refractivity contribution in [3.8, 4) is 0 Å². The van der Waals surface area contributed by atoms with Gasteiger partial charge in [0.25, 0.3) is 11.7 Å². The summed E-state index contributed by atoms with van der Waals surface area (Å²) in [5, 5.41) is 19.6. The Bertz CT molecular complexity index is 836. The quantitative estimate of drug-likeness (QED) is 0.333. The molecule has 2 heterocycles. The molecular weight excluding hydrogens is 348 g/mol. The molecule has 1 aromatic heterocycles. The number of rotatable bonds is 7. The Morgan fingerprint density at radius 1 is 1.11 bits per heavy atom. The summed E-state index contributed by atoms with van der Waals surface area (Å²) in [6.07, 6.45) is 3.16. The molecule has 0 bridgehead atoms. The number of hydrogen-bond donors (Lipinski definition) is 2. The lowest BCUT2D eigenvalue weighted by atomic mass is 9.96. The number of ether oxygens (including phenoxy) is 1. The Labute approximate surface area is 156 Å². The highest BCUT2D eigenvalue weighted by Crippen LogP contribution is 2.38. The summed E-state index contributed by atoms with van der Waals surface area (Å²) in [5.74, 6) is -1.66. The Morgan fingerprint density at radius 3 is 2.56 bits per heavy atom. The van der Waals surface area contributed by atoms with Crippen LogP contribution in [0, 0.1) is 0 Å². The summed E-state index contributed by atoms with van der Waals surface area (Å²) in [6.45, 7) is 0.329. The third-order valence-electron chi connectivity index (χ3n) is 4.30. The second kappa shape index (κ2) is 8.57. The lowest BCUT2D eigenvalue weighted by molar-refractivity contribution is -0.140. The van der Waals surface area contributed by atoms with Crippen LogP contribution in [0.2, 0.25) is 0 Å². The Balaban J connectivity index is 2.03. The van der Waals surface area contributed by atoms with E-state index in [4.69, 9.17) is 9.84 Å². The molecule has 0 radical (unpaired) electrons. The topological polar surface area (TPSA) is 100.0 Å². The van der Waals surface area contributed by atoms with Crippen LogP contribution in [0.5, 0.6) is 0 Å². The molecule has 0 saturated carbocycles. The molecule has 7 nitrogen and oxygen atoms in total. The number of ketones is 1. The molecular formula is C20H20N2O5. The van der Waals surface area contributed by atoms with Gasteiger partial charge in [0.15, 0.2) is 0 Å². The first-order valence-corrected chi connectivity index (χ1v) is 8.57. The fraction of sp³-hybridized carbons (Fsp3) is 0.250. The number of aliphatic hydroxyl groups excluding tert-OH is 2. The number of carbonyl (C=O) groups is 2. The van der Waals surface area contributed by atoms with Crippen molar-refractivity contribution in [2.24, 2.45) is 0 Å². The fourth-order valence-electron chi connectivity index (χ4n) is 3.08. The maximum Gasteiger partial charge on any atom is 0.295 e. The van der Waals surface area contributed by atoms with E-state index >= 15 is 0 Å². The van der Waals surface area contributed by atoms with E-state index in [9.17, 15) is 14.7 Å². The Morgan fingerprint density at radius 2 is 1.89 bits per heavy atom.